The summed E-state index contributed by atoms with van der Waals surface area (Å²) in [7, 11) is 2.06. The topological polar surface area (TPSA) is 33.1 Å². The van der Waals surface area contributed by atoms with Gasteiger partial charge >= 0.3 is 0 Å². The van der Waals surface area contributed by atoms with Crippen molar-refractivity contribution in [2.24, 2.45) is 18.9 Å². The summed E-state index contributed by atoms with van der Waals surface area (Å²) in [5.74, 6) is 2.80. The Morgan fingerprint density at radius 3 is 2.64 bits per heavy atom. The van der Waals surface area contributed by atoms with Crippen molar-refractivity contribution in [2.45, 2.75) is 0 Å². The molecule has 3 heterocycles. The lowest BCUT2D eigenvalue weighted by Gasteiger charge is -2.18. The molecule has 0 unspecified atom stereocenters. The molecule has 14 heavy (non-hydrogen) atoms. The molecule has 1 N–H and O–H groups in total. The maximum Gasteiger partial charge on any atom is 0.205 e. The van der Waals surface area contributed by atoms with Gasteiger partial charge in [0.25, 0.3) is 0 Å². The highest BCUT2D eigenvalue weighted by atomic mass is 15.3. The lowest BCUT2D eigenvalue weighted by atomic mass is 10.0. The smallest absolute Gasteiger partial charge is 0.205 e. The molecule has 2 fully saturated rings. The number of fused-ring (bicyclic) bond motifs is 1. The molecule has 0 aromatic carbocycles. The number of aryl methyl sites for hydroxylation is 1. The van der Waals surface area contributed by atoms with E-state index in [1.54, 1.807) is 0 Å². The first-order valence-electron chi connectivity index (χ1n) is 5.27. The molecule has 2 aliphatic rings. The van der Waals surface area contributed by atoms with Crippen molar-refractivity contribution < 1.29 is 0 Å². The Balaban J connectivity index is 1.80. The summed E-state index contributed by atoms with van der Waals surface area (Å²) in [6, 6.07) is 0. The number of aromatic nitrogens is 2. The van der Waals surface area contributed by atoms with Crippen LogP contribution in [0.2, 0.25) is 0 Å². The molecule has 76 valence electrons. The average Bonchev–Trinajstić information content (AvgIpc) is 2.75. The summed E-state index contributed by atoms with van der Waals surface area (Å²) in [5, 5.41) is 3.45. The second-order valence-electron chi connectivity index (χ2n) is 4.42. The molecule has 0 amide bonds. The third kappa shape index (κ3) is 1.14. The van der Waals surface area contributed by atoms with Crippen LogP contribution in [0.15, 0.2) is 12.4 Å². The number of nitrogens with zero attached hydrogens (tertiary/aromatic N) is 3. The van der Waals surface area contributed by atoms with E-state index in [0.29, 0.717) is 0 Å². The fourth-order valence-electron chi connectivity index (χ4n) is 2.68. The number of nitrogens with one attached hydrogen (secondary N) is 1. The zero-order chi connectivity index (χ0) is 9.54. The van der Waals surface area contributed by atoms with Gasteiger partial charge < -0.3 is 14.8 Å². The molecule has 0 saturated carbocycles. The van der Waals surface area contributed by atoms with Crippen LogP contribution in [-0.4, -0.2) is 35.7 Å². The van der Waals surface area contributed by atoms with Crippen LogP contribution in [-0.2, 0) is 7.05 Å². The minimum atomic E-state index is 0.840. The van der Waals surface area contributed by atoms with Crippen LogP contribution in [0.25, 0.3) is 0 Å². The molecule has 0 bridgehead atoms. The first kappa shape index (κ1) is 8.29. The molecular formula is C10H16N4. The fraction of sp³-hybridized carbons (Fsp3) is 0.700. The Labute approximate surface area is 83.9 Å². The number of rotatable bonds is 1. The summed E-state index contributed by atoms with van der Waals surface area (Å²) < 4.78 is 2.11. The van der Waals surface area contributed by atoms with E-state index >= 15 is 0 Å². The molecule has 2 saturated heterocycles. The average molecular weight is 192 g/mol. The third-order valence-corrected chi connectivity index (χ3v) is 3.47. The molecule has 0 radical (unpaired) electrons. The van der Waals surface area contributed by atoms with Crippen molar-refractivity contribution in [3.8, 4) is 0 Å². The van der Waals surface area contributed by atoms with Crippen LogP contribution >= 0.6 is 0 Å². The summed E-state index contributed by atoms with van der Waals surface area (Å²) in [6.45, 7) is 4.71. The van der Waals surface area contributed by atoms with Crippen molar-refractivity contribution in [2.75, 3.05) is 31.1 Å². The Bertz CT molecular complexity index is 321. The van der Waals surface area contributed by atoms with E-state index in [1.165, 1.54) is 26.2 Å². The van der Waals surface area contributed by atoms with Gasteiger partial charge in [-0.1, -0.05) is 0 Å². The van der Waals surface area contributed by atoms with E-state index in [1.807, 2.05) is 12.4 Å². The summed E-state index contributed by atoms with van der Waals surface area (Å²) in [5.41, 5.74) is 0. The van der Waals surface area contributed by atoms with Gasteiger partial charge in [-0.15, -0.1) is 0 Å². The van der Waals surface area contributed by atoms with E-state index in [9.17, 15) is 0 Å². The van der Waals surface area contributed by atoms with Crippen molar-refractivity contribution >= 4 is 5.95 Å². The highest BCUT2D eigenvalue weighted by molar-refractivity contribution is 5.33. The van der Waals surface area contributed by atoms with Crippen molar-refractivity contribution in [3.05, 3.63) is 12.4 Å². The Morgan fingerprint density at radius 2 is 2.07 bits per heavy atom. The lowest BCUT2D eigenvalue weighted by Crippen LogP contribution is -2.27. The van der Waals surface area contributed by atoms with Gasteiger partial charge in [-0.25, -0.2) is 4.98 Å². The zero-order valence-electron chi connectivity index (χ0n) is 8.48. The van der Waals surface area contributed by atoms with Crippen molar-refractivity contribution in [3.63, 3.8) is 0 Å². The van der Waals surface area contributed by atoms with Crippen molar-refractivity contribution in [1.82, 2.24) is 14.9 Å². The van der Waals surface area contributed by atoms with Gasteiger partial charge in [0.05, 0.1) is 0 Å². The normalized spacial score (nSPS) is 31.1. The van der Waals surface area contributed by atoms with E-state index < -0.39 is 0 Å². The predicted molar refractivity (Wildman–Crippen MR) is 55.3 cm³/mol. The van der Waals surface area contributed by atoms with Crippen LogP contribution in [0.5, 0.6) is 0 Å². The second kappa shape index (κ2) is 2.98. The molecular weight excluding hydrogens is 176 g/mol. The van der Waals surface area contributed by atoms with E-state index in [-0.39, 0.29) is 0 Å². The molecule has 2 atom stereocenters. The summed E-state index contributed by atoms with van der Waals surface area (Å²) in [4.78, 5) is 6.81. The molecule has 0 aliphatic carbocycles. The summed E-state index contributed by atoms with van der Waals surface area (Å²) in [6.07, 6.45) is 3.89. The number of hydrogen-bond acceptors (Lipinski definition) is 3. The Morgan fingerprint density at radius 1 is 1.36 bits per heavy atom. The van der Waals surface area contributed by atoms with E-state index in [2.05, 4.69) is 26.8 Å². The number of anilines is 1. The van der Waals surface area contributed by atoms with E-state index in [0.717, 1.165) is 17.8 Å². The van der Waals surface area contributed by atoms with Gasteiger partial charge in [0, 0.05) is 45.6 Å². The van der Waals surface area contributed by atoms with E-state index in [4.69, 9.17) is 0 Å². The molecule has 1 aromatic heterocycles. The summed E-state index contributed by atoms with van der Waals surface area (Å²) >= 11 is 0. The standard InChI is InChI=1S/C10H16N4/c1-13-3-2-12-10(13)14-6-8-4-11-5-9(8)7-14/h2-3,8-9,11H,4-7H2,1H3/t8-,9+. The molecule has 3 rings (SSSR count). The van der Waals surface area contributed by atoms with Gasteiger partial charge in [-0.3, -0.25) is 0 Å². The predicted octanol–water partition coefficient (Wildman–Crippen LogP) is 0.0757. The Kier molecular flexibility index (Phi) is 1.77. The zero-order valence-corrected chi connectivity index (χ0v) is 8.48. The fourth-order valence-corrected chi connectivity index (χ4v) is 2.68. The van der Waals surface area contributed by atoms with Crippen LogP contribution < -0.4 is 10.2 Å². The van der Waals surface area contributed by atoms with Gasteiger partial charge in [-0.2, -0.15) is 0 Å². The first-order valence-corrected chi connectivity index (χ1v) is 5.27. The largest absolute Gasteiger partial charge is 0.342 e. The SMILES string of the molecule is Cn1ccnc1N1C[C@H]2CNC[C@H]2C1. The van der Waals surface area contributed by atoms with Crippen molar-refractivity contribution in [1.29, 1.82) is 0 Å². The monoisotopic (exact) mass is 192 g/mol. The number of imidazole rings is 1. The third-order valence-electron chi connectivity index (χ3n) is 3.47. The highest BCUT2D eigenvalue weighted by Gasteiger charge is 2.37. The van der Waals surface area contributed by atoms with Gasteiger partial charge in [0.15, 0.2) is 0 Å². The van der Waals surface area contributed by atoms with Gasteiger partial charge in [-0.05, 0) is 11.8 Å². The Hall–Kier alpha value is -1.03. The minimum absolute atomic E-state index is 0.840. The first-order chi connectivity index (χ1) is 6.84. The van der Waals surface area contributed by atoms with Crippen LogP contribution in [0.1, 0.15) is 0 Å². The number of hydrogen-bond donors (Lipinski definition) is 1. The maximum atomic E-state index is 4.39. The van der Waals surface area contributed by atoms with Gasteiger partial charge in [0.1, 0.15) is 0 Å². The van der Waals surface area contributed by atoms with Crippen LogP contribution in [0, 0.1) is 11.8 Å². The molecule has 1 aromatic rings. The second-order valence-corrected chi connectivity index (χ2v) is 4.42. The highest BCUT2D eigenvalue weighted by Crippen LogP contribution is 2.29. The lowest BCUT2D eigenvalue weighted by molar-refractivity contribution is 0.533. The van der Waals surface area contributed by atoms with Gasteiger partial charge in [0.2, 0.25) is 5.95 Å². The molecule has 0 spiro atoms. The molecule has 2 aliphatic heterocycles. The van der Waals surface area contributed by atoms with Crippen LogP contribution in [0.3, 0.4) is 0 Å². The maximum absolute atomic E-state index is 4.39. The van der Waals surface area contributed by atoms with Crippen LogP contribution in [0.4, 0.5) is 5.95 Å². The molecule has 4 heteroatoms. The minimum Gasteiger partial charge on any atom is -0.342 e. The quantitative estimate of drug-likeness (QED) is 0.684. The molecule has 4 nitrogen and oxygen atoms in total.